The molecule has 1 saturated heterocycles. The quantitative estimate of drug-likeness (QED) is 0.532. The summed E-state index contributed by atoms with van der Waals surface area (Å²) < 4.78 is 0. The highest BCUT2D eigenvalue weighted by Gasteiger charge is 1.95. The first-order valence-electron chi connectivity index (χ1n) is 5.01. The summed E-state index contributed by atoms with van der Waals surface area (Å²) in [5.41, 5.74) is 0. The van der Waals surface area contributed by atoms with E-state index in [1.54, 1.807) is 0 Å². The van der Waals surface area contributed by atoms with Crippen molar-refractivity contribution in [1.82, 2.24) is 0 Å². The van der Waals surface area contributed by atoms with E-state index in [-0.39, 0.29) is 0 Å². The molecule has 0 bridgehead atoms. The third kappa shape index (κ3) is 12.4. The highest BCUT2D eigenvalue weighted by atomic mass is 32.2. The van der Waals surface area contributed by atoms with E-state index in [0.717, 1.165) is 19.1 Å². The van der Waals surface area contributed by atoms with Crippen LogP contribution in [0.3, 0.4) is 0 Å². The Morgan fingerprint density at radius 1 is 1.23 bits per heavy atom. The van der Waals surface area contributed by atoms with Crippen molar-refractivity contribution in [3.05, 3.63) is 0 Å². The molecule has 3 heteroatoms. The number of hydrogen-bond donors (Lipinski definition) is 0. The van der Waals surface area contributed by atoms with Gasteiger partial charge in [0, 0.05) is 11.5 Å². The predicted molar refractivity (Wildman–Crippen MR) is 64.6 cm³/mol. The van der Waals surface area contributed by atoms with E-state index in [4.69, 9.17) is 0 Å². The predicted octanol–water partition coefficient (Wildman–Crippen LogP) is 3.58. The number of aldehydes is 1. The van der Waals surface area contributed by atoms with Crippen LogP contribution in [0.2, 0.25) is 0 Å². The van der Waals surface area contributed by atoms with E-state index >= 15 is 0 Å². The summed E-state index contributed by atoms with van der Waals surface area (Å²) in [4.78, 5) is 9.68. The van der Waals surface area contributed by atoms with Crippen LogP contribution in [0.4, 0.5) is 0 Å². The van der Waals surface area contributed by atoms with E-state index < -0.39 is 0 Å². The summed E-state index contributed by atoms with van der Waals surface area (Å²) in [5, 5.41) is 1.33. The monoisotopic (exact) mass is 220 g/mol. The molecule has 1 heterocycles. The van der Waals surface area contributed by atoms with Crippen molar-refractivity contribution in [2.75, 3.05) is 16.6 Å². The largest absolute Gasteiger partial charge is 0.303 e. The summed E-state index contributed by atoms with van der Waals surface area (Å²) in [5.74, 6) is 2.79. The van der Waals surface area contributed by atoms with E-state index in [2.05, 4.69) is 30.4 Å². The summed E-state index contributed by atoms with van der Waals surface area (Å²) in [6, 6.07) is 0. The molecule has 0 atom stereocenters. The van der Waals surface area contributed by atoms with Crippen molar-refractivity contribution in [2.24, 2.45) is 0 Å². The van der Waals surface area contributed by atoms with Crippen molar-refractivity contribution in [2.45, 2.75) is 39.0 Å². The lowest BCUT2D eigenvalue weighted by atomic mass is 10.2. The minimum Gasteiger partial charge on any atom is -0.303 e. The fraction of sp³-hybridized carbons (Fsp3) is 0.900. The lowest BCUT2D eigenvalue weighted by Crippen LogP contribution is -1.90. The van der Waals surface area contributed by atoms with Crippen molar-refractivity contribution in [3.8, 4) is 0 Å². The smallest absolute Gasteiger partial charge is 0.119 e. The second-order valence-corrected chi connectivity index (χ2v) is 5.53. The van der Waals surface area contributed by atoms with Gasteiger partial charge in [-0.1, -0.05) is 19.8 Å². The van der Waals surface area contributed by atoms with Crippen molar-refractivity contribution < 1.29 is 4.79 Å². The molecular formula is C10H20OS2. The summed E-state index contributed by atoms with van der Waals surface area (Å²) >= 11 is 4.12. The van der Waals surface area contributed by atoms with Gasteiger partial charge in [-0.15, -0.1) is 0 Å². The maximum Gasteiger partial charge on any atom is 0.119 e. The van der Waals surface area contributed by atoms with Gasteiger partial charge in [-0.2, -0.15) is 23.5 Å². The lowest BCUT2D eigenvalue weighted by Gasteiger charge is -2.05. The Balaban J connectivity index is 0.000000223. The third-order valence-electron chi connectivity index (χ3n) is 1.67. The van der Waals surface area contributed by atoms with Gasteiger partial charge in [-0.05, 0) is 24.3 Å². The molecule has 0 N–H and O–H groups in total. The number of thioether (sulfide) groups is 2. The minimum atomic E-state index is 0.744. The summed E-state index contributed by atoms with van der Waals surface area (Å²) in [7, 11) is 0. The van der Waals surface area contributed by atoms with Crippen molar-refractivity contribution in [3.63, 3.8) is 0 Å². The summed E-state index contributed by atoms with van der Waals surface area (Å²) in [6.45, 7) is 2.13. The molecule has 0 aromatic heterocycles. The molecule has 1 rings (SSSR count). The van der Waals surface area contributed by atoms with Crippen LogP contribution >= 0.6 is 23.5 Å². The van der Waals surface area contributed by atoms with E-state index in [1.165, 1.54) is 35.9 Å². The zero-order valence-corrected chi connectivity index (χ0v) is 10.1. The van der Waals surface area contributed by atoms with Gasteiger partial charge in [-0.3, -0.25) is 0 Å². The van der Waals surface area contributed by atoms with Crippen LogP contribution in [0.1, 0.15) is 39.0 Å². The lowest BCUT2D eigenvalue weighted by molar-refractivity contribution is -0.107. The van der Waals surface area contributed by atoms with Crippen LogP contribution in [-0.4, -0.2) is 22.9 Å². The molecule has 1 aliphatic rings. The normalized spacial score (nSPS) is 15.8. The second-order valence-electron chi connectivity index (χ2n) is 2.95. The van der Waals surface area contributed by atoms with Gasteiger partial charge in [0.2, 0.25) is 0 Å². The molecule has 0 spiro atoms. The number of carbonyl (C=O) groups excluding carboxylic acids is 1. The zero-order valence-electron chi connectivity index (χ0n) is 8.46. The second kappa shape index (κ2) is 12.4. The number of rotatable bonds is 4. The highest BCUT2D eigenvalue weighted by molar-refractivity contribution is 8.16. The maximum atomic E-state index is 9.68. The van der Waals surface area contributed by atoms with Crippen LogP contribution in [0.25, 0.3) is 0 Å². The summed E-state index contributed by atoms with van der Waals surface area (Å²) in [6.07, 6.45) is 6.62. The fourth-order valence-corrected chi connectivity index (χ4v) is 3.21. The van der Waals surface area contributed by atoms with Gasteiger partial charge in [-0.25, -0.2) is 0 Å². The van der Waals surface area contributed by atoms with Crippen molar-refractivity contribution in [1.29, 1.82) is 0 Å². The van der Waals surface area contributed by atoms with E-state index in [9.17, 15) is 4.79 Å². The van der Waals surface area contributed by atoms with Gasteiger partial charge in [0.1, 0.15) is 6.29 Å². The van der Waals surface area contributed by atoms with E-state index in [0.29, 0.717) is 0 Å². The molecule has 78 valence electrons. The molecule has 0 aliphatic carbocycles. The average Bonchev–Trinajstić information content (AvgIpc) is 2.22. The first-order valence-corrected chi connectivity index (χ1v) is 7.32. The number of hydrogen-bond acceptors (Lipinski definition) is 3. The molecule has 0 saturated carbocycles. The number of carbonyl (C=O) groups is 1. The van der Waals surface area contributed by atoms with Gasteiger partial charge in [0.15, 0.2) is 0 Å². The molecule has 0 aromatic carbocycles. The van der Waals surface area contributed by atoms with Crippen LogP contribution in [0.5, 0.6) is 0 Å². The SMILES string of the molecule is C1CSCSC1.CCCCCC=O. The first-order chi connectivity index (χ1) is 6.41. The molecule has 0 aromatic rings. The van der Waals surface area contributed by atoms with Gasteiger partial charge < -0.3 is 4.79 Å². The fourth-order valence-electron chi connectivity index (χ4n) is 0.917. The Labute approximate surface area is 90.4 Å². The average molecular weight is 220 g/mol. The Morgan fingerprint density at radius 2 is 1.92 bits per heavy atom. The highest BCUT2D eigenvalue weighted by Crippen LogP contribution is 2.19. The third-order valence-corrected chi connectivity index (χ3v) is 4.16. The Hall–Kier alpha value is 0.370. The van der Waals surface area contributed by atoms with Gasteiger partial charge >= 0.3 is 0 Å². The van der Waals surface area contributed by atoms with Gasteiger partial charge in [0.25, 0.3) is 0 Å². The minimum absolute atomic E-state index is 0.744. The molecule has 1 fully saturated rings. The Bertz CT molecular complexity index is 91.6. The van der Waals surface area contributed by atoms with Gasteiger partial charge in [0.05, 0.1) is 0 Å². The molecule has 0 unspecified atom stereocenters. The molecule has 1 aliphatic heterocycles. The van der Waals surface area contributed by atoms with Crippen LogP contribution in [-0.2, 0) is 4.79 Å². The van der Waals surface area contributed by atoms with Crippen LogP contribution in [0.15, 0.2) is 0 Å². The zero-order chi connectivity index (χ0) is 9.78. The first kappa shape index (κ1) is 13.4. The van der Waals surface area contributed by atoms with Crippen molar-refractivity contribution >= 4 is 29.8 Å². The standard InChI is InChI=1S/C6H12O.C4H8S2/c1-2-3-4-5-6-7;1-2-5-4-6-3-1/h6H,2-5H2,1H3;1-4H2. The van der Waals surface area contributed by atoms with Crippen LogP contribution in [0, 0.1) is 0 Å². The topological polar surface area (TPSA) is 17.1 Å². The van der Waals surface area contributed by atoms with E-state index in [1.807, 2.05) is 0 Å². The molecule has 1 nitrogen and oxygen atoms in total. The molecule has 0 amide bonds. The Kier molecular flexibility index (Phi) is 12.7. The molecule has 13 heavy (non-hydrogen) atoms. The Morgan fingerprint density at radius 3 is 2.23 bits per heavy atom. The molecular weight excluding hydrogens is 200 g/mol. The number of unbranched alkanes of at least 4 members (excludes halogenated alkanes) is 3. The molecule has 0 radical (unpaired) electrons. The van der Waals surface area contributed by atoms with Crippen LogP contribution < -0.4 is 0 Å². The maximum absolute atomic E-state index is 9.68.